The quantitative estimate of drug-likeness (QED) is 0.678. The Labute approximate surface area is 167 Å². The number of amides is 2. The maximum absolute atomic E-state index is 13.3. The number of hydrogen-bond acceptors (Lipinski definition) is 3. The first kappa shape index (κ1) is 20.1. The van der Waals surface area contributed by atoms with E-state index >= 15 is 0 Å². The molecule has 1 heterocycles. The van der Waals surface area contributed by atoms with Gasteiger partial charge in [0.05, 0.1) is 0 Å². The second-order valence-electron chi connectivity index (χ2n) is 6.32. The number of anilines is 1. The Balaban J connectivity index is 1.75. The van der Waals surface area contributed by atoms with E-state index in [1.54, 1.807) is 4.90 Å². The zero-order valence-electron chi connectivity index (χ0n) is 15.7. The Hall–Kier alpha value is -3.61. The predicted molar refractivity (Wildman–Crippen MR) is 105 cm³/mol. The first-order valence-corrected chi connectivity index (χ1v) is 9.03. The van der Waals surface area contributed by atoms with E-state index in [0.717, 1.165) is 17.7 Å². The van der Waals surface area contributed by atoms with Crippen LogP contribution in [0.1, 0.15) is 33.3 Å². The number of benzene rings is 2. The van der Waals surface area contributed by atoms with Gasteiger partial charge in [0.1, 0.15) is 5.69 Å². The van der Waals surface area contributed by atoms with Gasteiger partial charge in [0, 0.05) is 36.6 Å². The van der Waals surface area contributed by atoms with E-state index in [2.05, 4.69) is 10.3 Å². The molecule has 148 valence electrons. The third kappa shape index (κ3) is 5.01. The van der Waals surface area contributed by atoms with Crippen molar-refractivity contribution in [3.63, 3.8) is 0 Å². The van der Waals surface area contributed by atoms with E-state index in [0.29, 0.717) is 13.1 Å². The van der Waals surface area contributed by atoms with Gasteiger partial charge in [-0.15, -0.1) is 0 Å². The standard InChI is InChI=1S/C22H19F2N3O2/c1-2-27(14-15-6-4-3-5-7-15)22(29)20-12-16(10-11-25-20)21(28)26-17-8-9-18(23)19(24)13-17/h3-13H,2,14H2,1H3,(H,26,28). The number of carbonyl (C=O) groups is 2. The van der Waals surface area contributed by atoms with Gasteiger partial charge < -0.3 is 10.2 Å². The fourth-order valence-corrected chi connectivity index (χ4v) is 2.76. The number of nitrogens with one attached hydrogen (secondary N) is 1. The molecule has 0 aliphatic heterocycles. The molecule has 0 saturated carbocycles. The average Bonchev–Trinajstić information content (AvgIpc) is 2.75. The van der Waals surface area contributed by atoms with Crippen molar-refractivity contribution in [3.8, 4) is 0 Å². The first-order chi connectivity index (χ1) is 14.0. The molecule has 0 fully saturated rings. The number of halogens is 2. The minimum absolute atomic E-state index is 0.109. The number of rotatable bonds is 6. The third-order valence-electron chi connectivity index (χ3n) is 4.30. The molecule has 0 aliphatic carbocycles. The van der Waals surface area contributed by atoms with Crippen molar-refractivity contribution in [1.29, 1.82) is 0 Å². The molecule has 2 aromatic carbocycles. The molecule has 0 unspecified atom stereocenters. The van der Waals surface area contributed by atoms with Crippen LogP contribution in [0.3, 0.4) is 0 Å². The molecule has 1 N–H and O–H groups in total. The fraction of sp³-hybridized carbons (Fsp3) is 0.136. The average molecular weight is 395 g/mol. The molecule has 5 nitrogen and oxygen atoms in total. The van der Waals surface area contributed by atoms with Crippen LogP contribution < -0.4 is 5.32 Å². The Bertz CT molecular complexity index is 1030. The van der Waals surface area contributed by atoms with E-state index in [4.69, 9.17) is 0 Å². The van der Waals surface area contributed by atoms with Crippen LogP contribution in [0.15, 0.2) is 66.9 Å². The van der Waals surface area contributed by atoms with Crippen LogP contribution in [0, 0.1) is 11.6 Å². The SMILES string of the molecule is CCN(Cc1ccccc1)C(=O)c1cc(C(=O)Nc2ccc(F)c(F)c2)ccn1. The summed E-state index contributed by atoms with van der Waals surface area (Å²) in [4.78, 5) is 31.0. The monoisotopic (exact) mass is 395 g/mol. The molecule has 3 rings (SSSR count). The van der Waals surface area contributed by atoms with E-state index in [1.807, 2.05) is 37.3 Å². The van der Waals surface area contributed by atoms with Crippen molar-refractivity contribution < 1.29 is 18.4 Å². The van der Waals surface area contributed by atoms with Crippen molar-refractivity contribution in [2.75, 3.05) is 11.9 Å². The molecule has 2 amide bonds. The highest BCUT2D eigenvalue weighted by molar-refractivity contribution is 6.05. The normalized spacial score (nSPS) is 10.4. The summed E-state index contributed by atoms with van der Waals surface area (Å²) in [5.74, 6) is -2.93. The largest absolute Gasteiger partial charge is 0.333 e. The molecule has 0 atom stereocenters. The highest BCUT2D eigenvalue weighted by Crippen LogP contribution is 2.15. The highest BCUT2D eigenvalue weighted by Gasteiger charge is 2.18. The molecular weight excluding hydrogens is 376 g/mol. The van der Waals surface area contributed by atoms with Gasteiger partial charge in [-0.2, -0.15) is 0 Å². The summed E-state index contributed by atoms with van der Waals surface area (Å²) in [6.07, 6.45) is 1.36. The van der Waals surface area contributed by atoms with Crippen LogP contribution in [-0.2, 0) is 6.54 Å². The molecule has 0 radical (unpaired) electrons. The summed E-state index contributed by atoms with van der Waals surface area (Å²) in [7, 11) is 0. The lowest BCUT2D eigenvalue weighted by Crippen LogP contribution is -2.31. The van der Waals surface area contributed by atoms with Crippen molar-refractivity contribution in [1.82, 2.24) is 9.88 Å². The Morgan fingerprint density at radius 2 is 1.76 bits per heavy atom. The molecule has 1 aromatic heterocycles. The summed E-state index contributed by atoms with van der Waals surface area (Å²) >= 11 is 0. The Kier molecular flexibility index (Phi) is 6.29. The lowest BCUT2D eigenvalue weighted by molar-refractivity contribution is 0.0746. The first-order valence-electron chi connectivity index (χ1n) is 9.03. The van der Waals surface area contributed by atoms with Crippen molar-refractivity contribution in [3.05, 3.63) is 95.3 Å². The van der Waals surface area contributed by atoms with Crippen LogP contribution >= 0.6 is 0 Å². The molecule has 0 saturated heterocycles. The maximum Gasteiger partial charge on any atom is 0.272 e. The van der Waals surface area contributed by atoms with Crippen molar-refractivity contribution in [2.45, 2.75) is 13.5 Å². The fourth-order valence-electron chi connectivity index (χ4n) is 2.76. The summed E-state index contributed by atoms with van der Waals surface area (Å²) in [5.41, 5.74) is 1.40. The minimum atomic E-state index is -1.06. The smallest absolute Gasteiger partial charge is 0.272 e. The lowest BCUT2D eigenvalue weighted by atomic mass is 10.1. The number of hydrogen-bond donors (Lipinski definition) is 1. The van der Waals surface area contributed by atoms with Gasteiger partial charge in [-0.1, -0.05) is 30.3 Å². The zero-order chi connectivity index (χ0) is 20.8. The zero-order valence-corrected chi connectivity index (χ0v) is 15.7. The molecule has 0 spiro atoms. The van der Waals surface area contributed by atoms with Crippen molar-refractivity contribution in [2.24, 2.45) is 0 Å². The Morgan fingerprint density at radius 1 is 1.00 bits per heavy atom. The van der Waals surface area contributed by atoms with Crippen LogP contribution in [0.2, 0.25) is 0 Å². The van der Waals surface area contributed by atoms with Crippen LogP contribution in [-0.4, -0.2) is 28.2 Å². The van der Waals surface area contributed by atoms with E-state index in [-0.39, 0.29) is 22.9 Å². The third-order valence-corrected chi connectivity index (χ3v) is 4.30. The number of nitrogens with zero attached hydrogens (tertiary/aromatic N) is 2. The molecule has 0 aliphatic rings. The van der Waals surface area contributed by atoms with Gasteiger partial charge >= 0.3 is 0 Å². The molecule has 7 heteroatoms. The maximum atomic E-state index is 13.3. The summed E-state index contributed by atoms with van der Waals surface area (Å²) in [5, 5.41) is 2.48. The van der Waals surface area contributed by atoms with Crippen molar-refractivity contribution >= 4 is 17.5 Å². The second-order valence-corrected chi connectivity index (χ2v) is 6.32. The van der Waals surface area contributed by atoms with Gasteiger partial charge in [0.15, 0.2) is 11.6 Å². The van der Waals surface area contributed by atoms with E-state index < -0.39 is 17.5 Å². The van der Waals surface area contributed by atoms with E-state index in [1.165, 1.54) is 24.4 Å². The second kappa shape index (κ2) is 9.05. The lowest BCUT2D eigenvalue weighted by Gasteiger charge is -2.20. The number of pyridine rings is 1. The highest BCUT2D eigenvalue weighted by atomic mass is 19.2. The summed E-state index contributed by atoms with van der Waals surface area (Å²) < 4.78 is 26.4. The van der Waals surface area contributed by atoms with Gasteiger partial charge in [0.25, 0.3) is 11.8 Å². The van der Waals surface area contributed by atoms with Crippen LogP contribution in [0.4, 0.5) is 14.5 Å². The molecular formula is C22H19F2N3O2. The van der Waals surface area contributed by atoms with Crippen LogP contribution in [0.5, 0.6) is 0 Å². The molecule has 29 heavy (non-hydrogen) atoms. The van der Waals surface area contributed by atoms with Gasteiger partial charge in [-0.25, -0.2) is 8.78 Å². The summed E-state index contributed by atoms with van der Waals surface area (Å²) in [6.45, 7) is 2.75. The Morgan fingerprint density at radius 3 is 2.45 bits per heavy atom. The molecule has 3 aromatic rings. The minimum Gasteiger partial charge on any atom is -0.333 e. The topological polar surface area (TPSA) is 62.3 Å². The van der Waals surface area contributed by atoms with Gasteiger partial charge in [-0.3, -0.25) is 14.6 Å². The molecule has 0 bridgehead atoms. The van der Waals surface area contributed by atoms with Gasteiger partial charge in [-0.05, 0) is 36.8 Å². The summed E-state index contributed by atoms with van der Waals surface area (Å²) in [6, 6.07) is 15.4. The van der Waals surface area contributed by atoms with E-state index in [9.17, 15) is 18.4 Å². The van der Waals surface area contributed by atoms with Crippen LogP contribution in [0.25, 0.3) is 0 Å². The van der Waals surface area contributed by atoms with Gasteiger partial charge in [0.2, 0.25) is 0 Å². The predicted octanol–water partition coefficient (Wildman–Crippen LogP) is 4.27. The number of carbonyl (C=O) groups excluding carboxylic acids is 2. The number of aromatic nitrogens is 1.